The predicted molar refractivity (Wildman–Crippen MR) is 147 cm³/mol. The summed E-state index contributed by atoms with van der Waals surface area (Å²) in [5, 5.41) is 1.31. The first-order valence-electron chi connectivity index (χ1n) is 12.7. The maximum atomic E-state index is 12.9. The van der Waals surface area contributed by atoms with Crippen LogP contribution in [0.1, 0.15) is 36.6 Å². The van der Waals surface area contributed by atoms with Gasteiger partial charge in [0.25, 0.3) is 5.56 Å². The first-order chi connectivity index (χ1) is 18.5. The van der Waals surface area contributed by atoms with Gasteiger partial charge < -0.3 is 10.6 Å². The number of anilines is 1. The fourth-order valence-electron chi connectivity index (χ4n) is 5.62. The molecule has 8 nitrogen and oxygen atoms in total. The van der Waals surface area contributed by atoms with Gasteiger partial charge in [0.15, 0.2) is 0 Å². The minimum absolute atomic E-state index is 0.0212. The molecule has 1 spiro atoms. The summed E-state index contributed by atoms with van der Waals surface area (Å²) >= 11 is 7.98. The summed E-state index contributed by atoms with van der Waals surface area (Å²) in [6.45, 7) is 1.48. The van der Waals surface area contributed by atoms with Crippen molar-refractivity contribution in [2.75, 3.05) is 24.7 Å². The molecule has 0 bridgehead atoms. The highest BCUT2D eigenvalue weighted by Gasteiger charge is 2.46. The first-order valence-corrected chi connectivity index (χ1v) is 13.9. The van der Waals surface area contributed by atoms with Crippen LogP contribution in [0, 0.1) is 5.41 Å². The van der Waals surface area contributed by atoms with Crippen LogP contribution < -0.4 is 16.2 Å². The van der Waals surface area contributed by atoms with E-state index in [4.69, 9.17) is 17.3 Å². The summed E-state index contributed by atoms with van der Waals surface area (Å²) in [5.74, 6) is 0.830. The van der Waals surface area contributed by atoms with Gasteiger partial charge in [-0.1, -0.05) is 29.4 Å². The Balaban J connectivity index is 1.15. The number of fused-ring (bicyclic) bond motifs is 2. The van der Waals surface area contributed by atoms with Crippen molar-refractivity contribution < 1.29 is 4.39 Å². The summed E-state index contributed by atoms with van der Waals surface area (Å²) in [7, 11) is 0. The molecule has 1 aliphatic carbocycles. The van der Waals surface area contributed by atoms with Crippen LogP contribution in [0.4, 0.5) is 10.2 Å². The van der Waals surface area contributed by atoms with Crippen LogP contribution in [0.3, 0.4) is 0 Å². The number of nitrogens with zero attached hydrogens (tertiary/aromatic N) is 6. The predicted octanol–water partition coefficient (Wildman–Crippen LogP) is 4.59. The van der Waals surface area contributed by atoms with Gasteiger partial charge in [-0.3, -0.25) is 18.7 Å². The Hall–Kier alpha value is -3.08. The molecule has 1 aromatic carbocycles. The van der Waals surface area contributed by atoms with Gasteiger partial charge in [-0.05, 0) is 54.9 Å². The van der Waals surface area contributed by atoms with E-state index in [0.717, 1.165) is 43.9 Å². The van der Waals surface area contributed by atoms with Crippen molar-refractivity contribution in [3.8, 4) is 0 Å². The van der Waals surface area contributed by atoms with Crippen LogP contribution >= 0.6 is 23.4 Å². The molecule has 2 aliphatic rings. The van der Waals surface area contributed by atoms with Crippen molar-refractivity contribution in [1.82, 2.24) is 24.5 Å². The number of hydrogen-bond acceptors (Lipinski definition) is 8. The highest BCUT2D eigenvalue weighted by atomic mass is 35.5. The molecule has 38 heavy (non-hydrogen) atoms. The molecule has 0 radical (unpaired) electrons. The third-order valence-corrected chi connectivity index (χ3v) is 9.26. The van der Waals surface area contributed by atoms with Crippen molar-refractivity contribution in [2.45, 2.75) is 48.2 Å². The molecule has 196 valence electrons. The van der Waals surface area contributed by atoms with E-state index in [0.29, 0.717) is 25.8 Å². The van der Waals surface area contributed by atoms with Gasteiger partial charge in [0.2, 0.25) is 0 Å². The van der Waals surface area contributed by atoms with Crippen LogP contribution in [0.25, 0.3) is 10.9 Å². The largest absolute Gasteiger partial charge is 0.355 e. The second kappa shape index (κ2) is 10.2. The molecule has 11 heteroatoms. The molecule has 4 heterocycles. The fourth-order valence-corrected chi connectivity index (χ4v) is 6.74. The molecule has 2 N–H and O–H groups in total. The van der Waals surface area contributed by atoms with Gasteiger partial charge in [-0.25, -0.2) is 15.0 Å². The van der Waals surface area contributed by atoms with E-state index in [-0.39, 0.29) is 30.0 Å². The Morgan fingerprint density at radius 1 is 1.13 bits per heavy atom. The van der Waals surface area contributed by atoms with Gasteiger partial charge in [0.1, 0.15) is 10.8 Å². The number of alkyl halides is 1. The fraction of sp³-hybridized carbons (Fsp3) is 0.370. The van der Waals surface area contributed by atoms with Gasteiger partial charge >= 0.3 is 0 Å². The number of benzene rings is 1. The third-order valence-electron chi connectivity index (χ3n) is 7.78. The molecule has 4 aromatic rings. The molecule has 0 amide bonds. The Bertz CT molecular complexity index is 1540. The molecule has 1 atom stereocenters. The van der Waals surface area contributed by atoms with Crippen molar-refractivity contribution in [2.24, 2.45) is 11.1 Å². The smallest absolute Gasteiger partial charge is 0.262 e. The highest BCUT2D eigenvalue weighted by molar-refractivity contribution is 7.99. The summed E-state index contributed by atoms with van der Waals surface area (Å²) in [6, 6.07) is 7.68. The van der Waals surface area contributed by atoms with Crippen LogP contribution in [0.15, 0.2) is 63.9 Å². The number of rotatable bonds is 6. The molecular weight excluding hydrogens is 525 g/mol. The van der Waals surface area contributed by atoms with Crippen molar-refractivity contribution >= 4 is 40.1 Å². The Morgan fingerprint density at radius 3 is 2.71 bits per heavy atom. The van der Waals surface area contributed by atoms with E-state index in [1.54, 1.807) is 18.5 Å². The lowest BCUT2D eigenvalue weighted by molar-refractivity contribution is 0.186. The molecule has 0 unspecified atom stereocenters. The number of nitrogens with two attached hydrogens (primary N) is 1. The molecular formula is C27H27ClFN7OS. The summed E-state index contributed by atoms with van der Waals surface area (Å²) < 4.78 is 14.0. The molecule has 1 aliphatic heterocycles. The maximum Gasteiger partial charge on any atom is 0.262 e. The standard InChI is InChI=1S/C27H27ClFN7OS/c28-24-20(5-4-18-23(24)26(37)36(16-34-18)10-2-8-29)38-22-15-32-21(14-33-22)35-11-6-27(7-12-35)13-19-17(25(27)30)3-1-9-31-19/h1,3-5,9,14-16,25H,2,6-8,10-13,30H2/t25-/m1/s1. The summed E-state index contributed by atoms with van der Waals surface area (Å²) in [4.78, 5) is 34.0. The maximum absolute atomic E-state index is 12.9. The molecule has 6 rings (SSSR count). The first kappa shape index (κ1) is 25.2. The van der Waals surface area contributed by atoms with Crippen LogP contribution in [0.5, 0.6) is 0 Å². The quantitative estimate of drug-likeness (QED) is 0.371. The lowest BCUT2D eigenvalue weighted by Crippen LogP contribution is -2.44. The number of halogens is 2. The van der Waals surface area contributed by atoms with Crippen LogP contribution in [0.2, 0.25) is 5.02 Å². The Kier molecular flexibility index (Phi) is 6.79. The number of piperidine rings is 1. The van der Waals surface area contributed by atoms with Crippen LogP contribution in [-0.4, -0.2) is 44.3 Å². The van der Waals surface area contributed by atoms with E-state index in [1.165, 1.54) is 28.2 Å². The zero-order valence-electron chi connectivity index (χ0n) is 20.7. The molecule has 1 saturated heterocycles. The van der Waals surface area contributed by atoms with Gasteiger partial charge in [0.05, 0.1) is 41.3 Å². The normalized spacial score (nSPS) is 18.3. The highest BCUT2D eigenvalue weighted by Crippen LogP contribution is 2.50. The SMILES string of the molecule is N[C@@H]1c2cccnc2CC12CCN(c1cnc(Sc3ccc4ncn(CCCF)c(=O)c4c3Cl)cn1)CC2. The Labute approximate surface area is 228 Å². The third kappa shape index (κ3) is 4.44. The van der Waals surface area contributed by atoms with E-state index >= 15 is 0 Å². The average molecular weight is 552 g/mol. The monoisotopic (exact) mass is 551 g/mol. The zero-order chi connectivity index (χ0) is 26.3. The van der Waals surface area contributed by atoms with Crippen molar-refractivity contribution in [1.29, 1.82) is 0 Å². The van der Waals surface area contributed by atoms with Crippen molar-refractivity contribution in [3.05, 3.63) is 75.8 Å². The number of hydrogen-bond donors (Lipinski definition) is 1. The van der Waals surface area contributed by atoms with E-state index in [1.807, 2.05) is 18.3 Å². The minimum atomic E-state index is -0.500. The second-order valence-electron chi connectivity index (χ2n) is 9.92. The summed E-state index contributed by atoms with van der Waals surface area (Å²) in [5.41, 5.74) is 9.29. The Morgan fingerprint density at radius 2 is 1.97 bits per heavy atom. The van der Waals surface area contributed by atoms with E-state index in [2.05, 4.69) is 30.9 Å². The van der Waals surface area contributed by atoms with E-state index < -0.39 is 6.67 Å². The van der Waals surface area contributed by atoms with Crippen molar-refractivity contribution in [3.63, 3.8) is 0 Å². The molecule has 3 aromatic heterocycles. The summed E-state index contributed by atoms with van der Waals surface area (Å²) in [6.07, 6.45) is 9.94. The number of aromatic nitrogens is 5. The lowest BCUT2D eigenvalue weighted by atomic mass is 9.73. The van der Waals surface area contributed by atoms with Crippen LogP contribution in [-0.2, 0) is 13.0 Å². The number of pyridine rings is 1. The number of aryl methyl sites for hydroxylation is 1. The topological polar surface area (TPSA) is 103 Å². The van der Waals surface area contributed by atoms with E-state index in [9.17, 15) is 9.18 Å². The lowest BCUT2D eigenvalue weighted by Gasteiger charge is -2.42. The minimum Gasteiger partial charge on any atom is -0.355 e. The van der Waals surface area contributed by atoms with Gasteiger partial charge in [0, 0.05) is 42.5 Å². The molecule has 0 saturated carbocycles. The zero-order valence-corrected chi connectivity index (χ0v) is 22.3. The van der Waals surface area contributed by atoms with Gasteiger partial charge in [-0.15, -0.1) is 0 Å². The van der Waals surface area contributed by atoms with Gasteiger partial charge in [-0.2, -0.15) is 0 Å². The molecule has 1 fully saturated rings. The second-order valence-corrected chi connectivity index (χ2v) is 11.4. The average Bonchev–Trinajstić information content (AvgIpc) is 3.21.